The quantitative estimate of drug-likeness (QED) is 0.0575. The lowest BCUT2D eigenvalue weighted by Crippen LogP contribution is -2.25. The minimum atomic E-state index is -0.109. The van der Waals surface area contributed by atoms with Crippen LogP contribution in [-0.2, 0) is 4.79 Å². The van der Waals surface area contributed by atoms with Gasteiger partial charge in [-0.3, -0.25) is 4.79 Å². The fraction of sp³-hybridized carbons (Fsp3) is 0.513. The van der Waals surface area contributed by atoms with Crippen LogP contribution in [-0.4, -0.2) is 12.6 Å². The smallest absolute Gasteiger partial charge is 0.314 e. The number of benzene rings is 3. The van der Waals surface area contributed by atoms with E-state index in [-0.39, 0.29) is 11.9 Å². The van der Waals surface area contributed by atoms with E-state index in [0.717, 1.165) is 61.8 Å². The first-order valence-corrected chi connectivity index (χ1v) is 17.6. The molecule has 0 bridgehead atoms. The second-order valence-electron chi connectivity index (χ2n) is 12.5. The second kappa shape index (κ2) is 20.3. The third-order valence-electron chi connectivity index (χ3n) is 8.72. The van der Waals surface area contributed by atoms with E-state index in [1.807, 2.05) is 60.7 Å². The van der Waals surface area contributed by atoms with Gasteiger partial charge >= 0.3 is 5.97 Å². The monoisotopic (exact) mass is 624 g/mol. The van der Waals surface area contributed by atoms with Gasteiger partial charge < -0.3 is 9.47 Å². The van der Waals surface area contributed by atoms with E-state index in [4.69, 9.17) is 9.47 Å². The fourth-order valence-corrected chi connectivity index (χ4v) is 5.83. The van der Waals surface area contributed by atoms with Crippen molar-refractivity contribution in [1.82, 2.24) is 0 Å². The molecule has 0 unspecified atom stereocenters. The molecule has 0 saturated heterocycles. The summed E-state index contributed by atoms with van der Waals surface area (Å²) in [6, 6.07) is 22.3. The molecule has 1 fully saturated rings. The Morgan fingerprint density at radius 3 is 1.50 bits per heavy atom. The third kappa shape index (κ3) is 12.9. The van der Waals surface area contributed by atoms with Crippen LogP contribution >= 0.6 is 0 Å². The number of hydrogen-bond acceptors (Lipinski definition) is 7. The summed E-state index contributed by atoms with van der Waals surface area (Å²) < 4.78 is 11.5. The Kier molecular flexibility index (Phi) is 15.4. The van der Waals surface area contributed by atoms with E-state index >= 15 is 0 Å². The highest BCUT2D eigenvalue weighted by Crippen LogP contribution is 2.33. The molecule has 0 aromatic heterocycles. The molecule has 1 aliphatic carbocycles. The van der Waals surface area contributed by atoms with Crippen molar-refractivity contribution in [2.75, 3.05) is 6.61 Å². The number of carbonyl (C=O) groups is 1. The van der Waals surface area contributed by atoms with Gasteiger partial charge in [0.1, 0.15) is 11.5 Å². The Hall–Kier alpha value is -3.87. The molecule has 7 nitrogen and oxygen atoms in total. The molecule has 7 heteroatoms. The van der Waals surface area contributed by atoms with Gasteiger partial charge in [0.25, 0.3) is 0 Å². The van der Waals surface area contributed by atoms with Crippen molar-refractivity contribution in [3.05, 3.63) is 72.8 Å². The zero-order valence-corrected chi connectivity index (χ0v) is 27.9. The van der Waals surface area contributed by atoms with E-state index in [1.165, 1.54) is 64.2 Å². The molecule has 0 heterocycles. The molecule has 0 amide bonds. The highest BCUT2D eigenvalue weighted by Gasteiger charge is 2.27. The summed E-state index contributed by atoms with van der Waals surface area (Å²) in [7, 11) is 0. The first kappa shape index (κ1) is 35.0. The molecular formula is C39H52N4O3. The van der Waals surface area contributed by atoms with Gasteiger partial charge in [0.15, 0.2) is 0 Å². The zero-order valence-electron chi connectivity index (χ0n) is 27.9. The molecule has 1 saturated carbocycles. The van der Waals surface area contributed by atoms with Crippen LogP contribution in [0.2, 0.25) is 0 Å². The number of esters is 1. The number of azo groups is 2. The molecule has 46 heavy (non-hydrogen) atoms. The van der Waals surface area contributed by atoms with E-state index < -0.39 is 0 Å². The molecule has 0 spiro atoms. The lowest BCUT2D eigenvalue weighted by Gasteiger charge is -2.27. The molecule has 0 atom stereocenters. The second-order valence-corrected chi connectivity index (χ2v) is 12.5. The van der Waals surface area contributed by atoms with Crippen LogP contribution in [0.4, 0.5) is 22.7 Å². The summed E-state index contributed by atoms with van der Waals surface area (Å²) in [6.45, 7) is 5.22. The van der Waals surface area contributed by atoms with Crippen LogP contribution in [0, 0.1) is 11.8 Å². The summed E-state index contributed by atoms with van der Waals surface area (Å²) >= 11 is 0. The van der Waals surface area contributed by atoms with Gasteiger partial charge in [-0.2, -0.15) is 20.5 Å². The average Bonchev–Trinajstić information content (AvgIpc) is 3.09. The van der Waals surface area contributed by atoms with Crippen LogP contribution in [0.15, 0.2) is 93.3 Å². The van der Waals surface area contributed by atoms with Gasteiger partial charge in [-0.25, -0.2) is 0 Å². The Morgan fingerprint density at radius 1 is 0.565 bits per heavy atom. The summed E-state index contributed by atoms with van der Waals surface area (Å²) in [5.74, 6) is 2.08. The van der Waals surface area contributed by atoms with Crippen molar-refractivity contribution in [2.24, 2.45) is 32.3 Å². The van der Waals surface area contributed by atoms with E-state index in [0.29, 0.717) is 17.1 Å². The topological polar surface area (TPSA) is 85.0 Å². The maximum absolute atomic E-state index is 12.8. The number of unbranched alkanes of at least 4 members (excludes halogenated alkanes) is 8. The highest BCUT2D eigenvalue weighted by atomic mass is 16.5. The Balaban J connectivity index is 1.15. The van der Waals surface area contributed by atoms with Crippen molar-refractivity contribution in [2.45, 2.75) is 110 Å². The van der Waals surface area contributed by atoms with E-state index in [9.17, 15) is 4.79 Å². The standard InChI is InChI=1S/C39H52N4O3/c1-3-5-7-9-11-13-31-14-16-32(17-15-31)39(44)46-38-28-24-36(25-29-38)43-41-34-20-18-33(19-21-34)40-42-35-22-26-37(27-23-35)45-30-12-10-8-6-4-2/h18-29,31-32H,3-17,30H2,1-2H3. The van der Waals surface area contributed by atoms with Crippen LogP contribution in [0.1, 0.15) is 110 Å². The maximum atomic E-state index is 12.8. The normalized spacial score (nSPS) is 16.7. The van der Waals surface area contributed by atoms with Gasteiger partial charge in [-0.05, 0) is 111 Å². The molecule has 0 aliphatic heterocycles. The molecule has 0 radical (unpaired) electrons. The first-order valence-electron chi connectivity index (χ1n) is 17.6. The Morgan fingerprint density at radius 2 is 1.00 bits per heavy atom. The molecular weight excluding hydrogens is 572 g/mol. The molecule has 3 aromatic carbocycles. The SMILES string of the molecule is CCCCCCCOc1ccc(N=Nc2ccc(N=Nc3ccc(OC(=O)C4CCC(CCCCCCC)CC4)cc3)cc2)cc1. The molecule has 0 N–H and O–H groups in total. The lowest BCUT2D eigenvalue weighted by molar-refractivity contribution is -0.140. The zero-order chi connectivity index (χ0) is 32.2. The van der Waals surface area contributed by atoms with Crippen LogP contribution < -0.4 is 9.47 Å². The van der Waals surface area contributed by atoms with Crippen LogP contribution in [0.25, 0.3) is 0 Å². The summed E-state index contributed by atoms with van der Waals surface area (Å²) in [5, 5.41) is 17.3. The minimum Gasteiger partial charge on any atom is -0.494 e. The van der Waals surface area contributed by atoms with Gasteiger partial charge in [-0.15, -0.1) is 0 Å². The Bertz CT molecular complexity index is 1330. The summed E-state index contributed by atoms with van der Waals surface area (Å²) in [4.78, 5) is 12.8. The first-order chi connectivity index (χ1) is 22.6. The molecule has 1 aliphatic rings. The maximum Gasteiger partial charge on any atom is 0.314 e. The van der Waals surface area contributed by atoms with Gasteiger partial charge in [-0.1, -0.05) is 78.1 Å². The van der Waals surface area contributed by atoms with E-state index in [2.05, 4.69) is 34.3 Å². The number of nitrogens with zero attached hydrogens (tertiary/aromatic N) is 4. The summed E-state index contributed by atoms with van der Waals surface area (Å²) in [6.07, 6.45) is 18.2. The van der Waals surface area contributed by atoms with Crippen molar-refractivity contribution in [1.29, 1.82) is 0 Å². The molecule has 4 rings (SSSR count). The average molecular weight is 625 g/mol. The van der Waals surface area contributed by atoms with Crippen molar-refractivity contribution >= 4 is 28.7 Å². The van der Waals surface area contributed by atoms with Gasteiger partial charge in [0.2, 0.25) is 0 Å². The van der Waals surface area contributed by atoms with E-state index in [1.54, 1.807) is 12.1 Å². The van der Waals surface area contributed by atoms with Gasteiger partial charge in [0.05, 0.1) is 35.3 Å². The van der Waals surface area contributed by atoms with Gasteiger partial charge in [0, 0.05) is 0 Å². The predicted molar refractivity (Wildman–Crippen MR) is 186 cm³/mol. The third-order valence-corrected chi connectivity index (χ3v) is 8.72. The fourth-order valence-electron chi connectivity index (χ4n) is 5.83. The minimum absolute atomic E-state index is 0.00748. The van der Waals surface area contributed by atoms with Crippen molar-refractivity contribution in [3.63, 3.8) is 0 Å². The summed E-state index contributed by atoms with van der Waals surface area (Å²) in [5.41, 5.74) is 2.90. The molecule has 3 aromatic rings. The van der Waals surface area contributed by atoms with Crippen molar-refractivity contribution in [3.8, 4) is 11.5 Å². The van der Waals surface area contributed by atoms with Crippen molar-refractivity contribution < 1.29 is 14.3 Å². The highest BCUT2D eigenvalue weighted by molar-refractivity contribution is 5.75. The van der Waals surface area contributed by atoms with Crippen LogP contribution in [0.5, 0.6) is 11.5 Å². The number of rotatable bonds is 19. The number of carbonyl (C=O) groups excluding carboxylic acids is 1. The lowest BCUT2D eigenvalue weighted by atomic mass is 9.80. The van der Waals surface area contributed by atoms with Crippen LogP contribution in [0.3, 0.4) is 0 Å². The number of hydrogen-bond donors (Lipinski definition) is 0. The number of ether oxygens (including phenoxy) is 2. The predicted octanol–water partition coefficient (Wildman–Crippen LogP) is 12.9. The molecule has 246 valence electrons. The largest absolute Gasteiger partial charge is 0.494 e. The Labute approximate surface area is 275 Å².